The molecule has 0 aliphatic carbocycles. The second-order valence-electron chi connectivity index (χ2n) is 4.62. The van der Waals surface area contributed by atoms with E-state index in [2.05, 4.69) is 33.7 Å². The SMILES string of the molecule is COC(=O)CSC(=S)SCc1ccc(CSC(=S)SCC(=O)OC)cc1. The molecule has 0 radical (unpaired) electrons. The normalized spacial score (nSPS) is 10.2. The first-order valence-corrected chi connectivity index (χ1v) is 12.0. The Morgan fingerprint density at radius 3 is 1.42 bits per heavy atom. The molecule has 0 bridgehead atoms. The monoisotopic (exact) mass is 466 g/mol. The van der Waals surface area contributed by atoms with E-state index in [1.165, 1.54) is 61.3 Å². The zero-order valence-electron chi connectivity index (χ0n) is 14.2. The van der Waals surface area contributed by atoms with Gasteiger partial charge in [-0.25, -0.2) is 0 Å². The van der Waals surface area contributed by atoms with E-state index < -0.39 is 0 Å². The molecule has 0 spiro atoms. The van der Waals surface area contributed by atoms with E-state index in [-0.39, 0.29) is 23.4 Å². The maximum atomic E-state index is 11.1. The van der Waals surface area contributed by atoms with Gasteiger partial charge in [-0.15, -0.1) is 23.5 Å². The predicted octanol–water partition coefficient (Wildman–Crippen LogP) is 4.54. The van der Waals surface area contributed by atoms with Crippen LogP contribution in [0.25, 0.3) is 0 Å². The van der Waals surface area contributed by atoms with Crippen LogP contribution in [-0.2, 0) is 30.6 Å². The smallest absolute Gasteiger partial charge is 0.316 e. The number of hydrogen-bond donors (Lipinski definition) is 0. The Hall–Kier alpha value is -0.260. The Balaban J connectivity index is 2.30. The van der Waals surface area contributed by atoms with Gasteiger partial charge in [0.05, 0.1) is 25.7 Å². The van der Waals surface area contributed by atoms with Gasteiger partial charge in [-0.05, 0) is 11.1 Å². The van der Waals surface area contributed by atoms with Crippen molar-refractivity contribution in [1.82, 2.24) is 0 Å². The summed E-state index contributed by atoms with van der Waals surface area (Å²) < 4.78 is 10.6. The number of methoxy groups -OCH3 is 2. The van der Waals surface area contributed by atoms with Crippen molar-refractivity contribution in [2.24, 2.45) is 0 Å². The standard InChI is InChI=1S/C16H18O4S6/c1-19-13(17)9-25-15(21)23-7-11-3-5-12(6-4-11)8-24-16(22)26-10-14(18)20-2/h3-6H,7-10H2,1-2H3. The first kappa shape index (κ1) is 23.8. The highest BCUT2D eigenvalue weighted by atomic mass is 32.2. The largest absolute Gasteiger partial charge is 0.468 e. The van der Waals surface area contributed by atoms with Gasteiger partial charge in [0.2, 0.25) is 0 Å². The van der Waals surface area contributed by atoms with Crippen molar-refractivity contribution in [2.45, 2.75) is 11.5 Å². The van der Waals surface area contributed by atoms with Crippen LogP contribution in [0.2, 0.25) is 0 Å². The molecule has 0 aliphatic heterocycles. The summed E-state index contributed by atoms with van der Waals surface area (Å²) in [5, 5.41) is 0. The summed E-state index contributed by atoms with van der Waals surface area (Å²) in [6.45, 7) is 0. The topological polar surface area (TPSA) is 52.6 Å². The van der Waals surface area contributed by atoms with Crippen LogP contribution in [0.5, 0.6) is 0 Å². The number of carbonyl (C=O) groups is 2. The van der Waals surface area contributed by atoms with Crippen molar-refractivity contribution >= 4 is 90.5 Å². The molecule has 1 aromatic rings. The van der Waals surface area contributed by atoms with Crippen molar-refractivity contribution in [1.29, 1.82) is 0 Å². The molecule has 0 saturated carbocycles. The fourth-order valence-corrected chi connectivity index (χ4v) is 5.20. The van der Waals surface area contributed by atoms with Gasteiger partial charge in [0.15, 0.2) is 0 Å². The van der Waals surface area contributed by atoms with E-state index in [4.69, 9.17) is 24.4 Å². The van der Waals surface area contributed by atoms with Crippen molar-refractivity contribution in [3.63, 3.8) is 0 Å². The molecule has 142 valence electrons. The van der Waals surface area contributed by atoms with E-state index >= 15 is 0 Å². The Bertz CT molecular complexity index is 577. The Kier molecular flexibility index (Phi) is 12.7. The zero-order valence-corrected chi connectivity index (χ0v) is 19.1. The lowest BCUT2D eigenvalue weighted by Crippen LogP contribution is -2.04. The van der Waals surface area contributed by atoms with E-state index in [0.717, 1.165) is 29.7 Å². The van der Waals surface area contributed by atoms with Crippen LogP contribution >= 0.6 is 71.5 Å². The molecular formula is C16H18O4S6. The Morgan fingerprint density at radius 1 is 0.769 bits per heavy atom. The van der Waals surface area contributed by atoms with E-state index in [9.17, 15) is 9.59 Å². The molecule has 0 unspecified atom stereocenters. The summed E-state index contributed by atoms with van der Waals surface area (Å²) in [6, 6.07) is 8.23. The van der Waals surface area contributed by atoms with Crippen LogP contribution in [-0.4, -0.2) is 44.7 Å². The van der Waals surface area contributed by atoms with Crippen molar-refractivity contribution in [3.8, 4) is 0 Å². The summed E-state index contributed by atoms with van der Waals surface area (Å²) >= 11 is 16.2. The maximum Gasteiger partial charge on any atom is 0.316 e. The molecule has 0 heterocycles. The van der Waals surface area contributed by atoms with Crippen LogP contribution in [0.15, 0.2) is 24.3 Å². The molecule has 4 nitrogen and oxygen atoms in total. The van der Waals surface area contributed by atoms with Crippen LogP contribution in [0.1, 0.15) is 11.1 Å². The summed E-state index contributed by atoms with van der Waals surface area (Å²) in [7, 11) is 2.73. The van der Waals surface area contributed by atoms with Crippen LogP contribution < -0.4 is 0 Å². The van der Waals surface area contributed by atoms with Gasteiger partial charge in [-0.1, -0.05) is 72.2 Å². The molecule has 0 saturated heterocycles. The van der Waals surface area contributed by atoms with E-state index in [1.54, 1.807) is 0 Å². The first-order chi connectivity index (χ1) is 12.4. The summed E-state index contributed by atoms with van der Waals surface area (Å²) in [6.07, 6.45) is 0. The van der Waals surface area contributed by atoms with Gasteiger partial charge in [0, 0.05) is 11.5 Å². The maximum absolute atomic E-state index is 11.1. The predicted molar refractivity (Wildman–Crippen MR) is 123 cm³/mol. The molecular weight excluding hydrogens is 449 g/mol. The first-order valence-electron chi connectivity index (χ1n) is 7.25. The number of carbonyl (C=O) groups excluding carboxylic acids is 2. The fraction of sp³-hybridized carbons (Fsp3) is 0.375. The number of ether oxygens (including phenoxy) is 2. The molecule has 0 atom stereocenters. The molecule has 10 heteroatoms. The van der Waals surface area contributed by atoms with Crippen molar-refractivity contribution in [2.75, 3.05) is 25.7 Å². The fourth-order valence-electron chi connectivity index (χ4n) is 1.45. The lowest BCUT2D eigenvalue weighted by molar-refractivity contribution is -0.138. The van der Waals surface area contributed by atoms with Gasteiger partial charge in [0.25, 0.3) is 0 Å². The number of hydrogen-bond acceptors (Lipinski definition) is 10. The lowest BCUT2D eigenvalue weighted by Gasteiger charge is -2.06. The average molecular weight is 467 g/mol. The van der Waals surface area contributed by atoms with Crippen LogP contribution in [0, 0.1) is 0 Å². The second-order valence-corrected chi connectivity index (χ2v) is 10.9. The average Bonchev–Trinajstić information content (AvgIpc) is 2.67. The number of thioether (sulfide) groups is 4. The third kappa shape index (κ3) is 10.8. The van der Waals surface area contributed by atoms with Crippen LogP contribution in [0.3, 0.4) is 0 Å². The number of rotatable bonds is 8. The molecule has 0 aliphatic rings. The minimum absolute atomic E-state index is 0.242. The van der Waals surface area contributed by atoms with Gasteiger partial charge in [0.1, 0.15) is 7.06 Å². The molecule has 1 aromatic carbocycles. The number of thiocarbonyl (C=S) groups is 2. The number of esters is 2. The summed E-state index contributed by atoms with van der Waals surface area (Å²) in [5.41, 5.74) is 2.32. The quantitative estimate of drug-likeness (QED) is 0.403. The highest BCUT2D eigenvalue weighted by Crippen LogP contribution is 2.24. The van der Waals surface area contributed by atoms with Crippen molar-refractivity contribution < 1.29 is 19.1 Å². The molecule has 0 fully saturated rings. The molecule has 0 amide bonds. The minimum Gasteiger partial charge on any atom is -0.468 e. The Labute approximate surface area is 181 Å². The lowest BCUT2D eigenvalue weighted by atomic mass is 10.2. The van der Waals surface area contributed by atoms with Gasteiger partial charge in [-0.2, -0.15) is 0 Å². The molecule has 26 heavy (non-hydrogen) atoms. The zero-order chi connectivity index (χ0) is 19.4. The van der Waals surface area contributed by atoms with Gasteiger partial charge >= 0.3 is 11.9 Å². The second kappa shape index (κ2) is 13.8. The molecule has 0 aromatic heterocycles. The van der Waals surface area contributed by atoms with Crippen LogP contribution in [0.4, 0.5) is 0 Å². The van der Waals surface area contributed by atoms with E-state index in [1.807, 2.05) is 0 Å². The van der Waals surface area contributed by atoms with E-state index in [0.29, 0.717) is 0 Å². The molecule has 0 N–H and O–H groups in total. The Morgan fingerprint density at radius 2 is 1.12 bits per heavy atom. The van der Waals surface area contributed by atoms with Gasteiger partial charge < -0.3 is 9.47 Å². The van der Waals surface area contributed by atoms with Gasteiger partial charge in [-0.3, -0.25) is 9.59 Å². The summed E-state index contributed by atoms with van der Waals surface area (Å²) in [4.78, 5) is 22.2. The highest BCUT2D eigenvalue weighted by Gasteiger charge is 2.07. The minimum atomic E-state index is -0.275. The third-order valence-corrected chi connectivity index (χ3v) is 8.29. The molecule has 1 rings (SSSR count). The highest BCUT2D eigenvalue weighted by molar-refractivity contribution is 8.47. The third-order valence-electron chi connectivity index (χ3n) is 2.81. The summed E-state index contributed by atoms with van der Waals surface area (Å²) in [5.74, 6) is 1.45. The van der Waals surface area contributed by atoms with Crippen molar-refractivity contribution in [3.05, 3.63) is 35.4 Å². The number of benzene rings is 1.